The summed E-state index contributed by atoms with van der Waals surface area (Å²) in [6, 6.07) is 6.26. The number of fused-ring (bicyclic) bond motifs is 1. The molecule has 3 aromatic rings. The van der Waals surface area contributed by atoms with E-state index < -0.39 is 29.2 Å². The molecule has 1 saturated carbocycles. The Bertz CT molecular complexity index is 1650. The van der Waals surface area contributed by atoms with Gasteiger partial charge in [0.2, 0.25) is 5.88 Å². The minimum Gasteiger partial charge on any atom is -0.391 e. The van der Waals surface area contributed by atoms with Crippen LogP contribution < -0.4 is 15.4 Å². The summed E-state index contributed by atoms with van der Waals surface area (Å²) in [5, 5.41) is 8.21. The first kappa shape index (κ1) is 31.9. The predicted molar refractivity (Wildman–Crippen MR) is 163 cm³/mol. The first-order valence-corrected chi connectivity index (χ1v) is 15.5. The number of primary amides is 1. The Labute approximate surface area is 265 Å². The van der Waals surface area contributed by atoms with Crippen molar-refractivity contribution >= 4 is 17.8 Å². The number of halogens is 3. The highest BCUT2D eigenvalue weighted by Gasteiger charge is 2.44. The van der Waals surface area contributed by atoms with Crippen LogP contribution in [0.2, 0.25) is 0 Å². The Morgan fingerprint density at radius 3 is 2.52 bits per heavy atom. The average molecular weight is 641 g/mol. The van der Waals surface area contributed by atoms with Gasteiger partial charge in [-0.25, -0.2) is 4.79 Å². The lowest BCUT2D eigenvalue weighted by molar-refractivity contribution is -0.138. The summed E-state index contributed by atoms with van der Waals surface area (Å²) in [5.74, 6) is 0.431. The standard InChI is InChI=1S/C32H39F3N8O3/c1-19(2)25-17-40(3)8-9-42(25)15-20-10-22-23(24(11-20)32(33,34)35)16-43(29(22)44)26-12-21(13-28(38-26)46-30(36)45)31(6-5-7-31)14-27-39-37-18-41(27)4/h10-13,18-19,25H,5-9,14-17H2,1-4H3,(H2,36,45). The Morgan fingerprint density at radius 1 is 1.15 bits per heavy atom. The molecule has 2 aromatic heterocycles. The molecular weight excluding hydrogens is 601 g/mol. The predicted octanol–water partition coefficient (Wildman–Crippen LogP) is 4.28. The zero-order valence-electron chi connectivity index (χ0n) is 26.5. The molecule has 0 bridgehead atoms. The van der Waals surface area contributed by atoms with Crippen molar-refractivity contribution in [3.63, 3.8) is 0 Å². The number of anilines is 1. The van der Waals surface area contributed by atoms with E-state index >= 15 is 0 Å². The van der Waals surface area contributed by atoms with Crippen LogP contribution in [0.1, 0.15) is 71.5 Å². The van der Waals surface area contributed by atoms with Crippen LogP contribution in [-0.2, 0) is 38.1 Å². The molecule has 246 valence electrons. The van der Waals surface area contributed by atoms with Crippen molar-refractivity contribution in [2.75, 3.05) is 31.6 Å². The van der Waals surface area contributed by atoms with E-state index in [1.807, 2.05) is 18.7 Å². The number of carbonyl (C=O) groups excluding carboxylic acids is 2. The summed E-state index contributed by atoms with van der Waals surface area (Å²) in [5.41, 5.74) is 5.16. The molecule has 1 unspecified atom stereocenters. The first-order valence-electron chi connectivity index (χ1n) is 15.5. The van der Waals surface area contributed by atoms with Crippen LogP contribution in [0.4, 0.5) is 23.8 Å². The van der Waals surface area contributed by atoms with E-state index in [-0.39, 0.29) is 35.4 Å². The van der Waals surface area contributed by atoms with Crippen molar-refractivity contribution in [3.8, 4) is 5.88 Å². The molecule has 11 nitrogen and oxygen atoms in total. The van der Waals surface area contributed by atoms with Gasteiger partial charge >= 0.3 is 12.3 Å². The average Bonchev–Trinajstić information content (AvgIpc) is 3.52. The Morgan fingerprint density at radius 2 is 1.91 bits per heavy atom. The number of nitrogens with two attached hydrogens (primary N) is 1. The molecule has 4 heterocycles. The SMILES string of the molecule is CC(C)C1CN(C)CCN1Cc1cc2c(c(C(F)(F)F)c1)CN(c1cc(C3(Cc4nncn4C)CCC3)cc(OC(N)=O)n1)C2=O. The number of rotatable bonds is 8. The topological polar surface area (TPSA) is 123 Å². The third kappa shape index (κ3) is 6.07. The van der Waals surface area contributed by atoms with Crippen LogP contribution in [0.5, 0.6) is 5.88 Å². The molecule has 6 rings (SSSR count). The van der Waals surface area contributed by atoms with E-state index in [0.29, 0.717) is 31.0 Å². The van der Waals surface area contributed by atoms with Crippen LogP contribution in [0.15, 0.2) is 30.6 Å². The maximum Gasteiger partial charge on any atom is 0.416 e. The normalized spacial score (nSPS) is 20.2. The van der Waals surface area contributed by atoms with E-state index in [4.69, 9.17) is 10.5 Å². The molecule has 0 radical (unpaired) electrons. The van der Waals surface area contributed by atoms with Gasteiger partial charge in [-0.2, -0.15) is 18.2 Å². The molecule has 2 amide bonds. The molecule has 3 aliphatic rings. The van der Waals surface area contributed by atoms with Gasteiger partial charge in [-0.05, 0) is 60.7 Å². The van der Waals surface area contributed by atoms with Crippen LogP contribution in [-0.4, -0.2) is 74.3 Å². The Kier molecular flexibility index (Phi) is 8.30. The van der Waals surface area contributed by atoms with Gasteiger partial charge < -0.3 is 19.9 Å². The van der Waals surface area contributed by atoms with Crippen molar-refractivity contribution in [1.29, 1.82) is 0 Å². The zero-order chi connectivity index (χ0) is 33.0. The number of amides is 2. The number of likely N-dealkylation sites (N-methyl/N-ethyl adjacent to an activating group) is 1. The summed E-state index contributed by atoms with van der Waals surface area (Å²) >= 11 is 0. The van der Waals surface area contributed by atoms with Crippen molar-refractivity contribution in [2.45, 2.75) is 70.3 Å². The van der Waals surface area contributed by atoms with E-state index in [2.05, 4.69) is 38.8 Å². The lowest BCUT2D eigenvalue weighted by atomic mass is 9.62. The van der Waals surface area contributed by atoms with Gasteiger partial charge in [0.25, 0.3) is 5.91 Å². The number of carbonyl (C=O) groups is 2. The van der Waals surface area contributed by atoms with E-state index in [0.717, 1.165) is 43.7 Å². The van der Waals surface area contributed by atoms with Crippen LogP contribution in [0.25, 0.3) is 0 Å². The van der Waals surface area contributed by atoms with E-state index in [1.165, 1.54) is 11.0 Å². The second-order valence-corrected chi connectivity index (χ2v) is 13.2. The molecular formula is C32H39F3N8O3. The number of pyridine rings is 1. The summed E-state index contributed by atoms with van der Waals surface area (Å²) in [4.78, 5) is 35.7. The van der Waals surface area contributed by atoms with Gasteiger partial charge in [-0.3, -0.25) is 14.6 Å². The highest BCUT2D eigenvalue weighted by molar-refractivity contribution is 6.10. The smallest absolute Gasteiger partial charge is 0.391 e. The summed E-state index contributed by atoms with van der Waals surface area (Å²) in [6.07, 6.45) is -1.09. The number of hydrogen-bond acceptors (Lipinski definition) is 8. The fraction of sp³-hybridized carbons (Fsp3) is 0.531. The summed E-state index contributed by atoms with van der Waals surface area (Å²) in [7, 11) is 3.89. The van der Waals surface area contributed by atoms with Gasteiger partial charge in [0.1, 0.15) is 18.0 Å². The molecule has 1 aromatic carbocycles. The summed E-state index contributed by atoms with van der Waals surface area (Å²) in [6.45, 7) is 6.54. The largest absolute Gasteiger partial charge is 0.416 e. The molecule has 2 fully saturated rings. The van der Waals surface area contributed by atoms with Crippen LogP contribution >= 0.6 is 0 Å². The molecule has 2 aliphatic heterocycles. The van der Waals surface area contributed by atoms with Gasteiger partial charge in [-0.1, -0.05) is 20.3 Å². The summed E-state index contributed by atoms with van der Waals surface area (Å²) < 4.78 is 50.7. The lowest BCUT2D eigenvalue weighted by Gasteiger charge is -2.42. The number of hydrogen-bond donors (Lipinski definition) is 1. The van der Waals surface area contributed by atoms with Gasteiger partial charge in [-0.15, -0.1) is 10.2 Å². The molecule has 14 heteroatoms. The second kappa shape index (κ2) is 12.0. The van der Waals surface area contributed by atoms with Gasteiger partial charge in [0.15, 0.2) is 0 Å². The molecule has 46 heavy (non-hydrogen) atoms. The number of piperazine rings is 1. The number of aromatic nitrogens is 4. The number of benzene rings is 1. The monoisotopic (exact) mass is 640 g/mol. The quantitative estimate of drug-likeness (QED) is 0.387. The number of ether oxygens (including phenoxy) is 1. The number of alkyl halides is 3. The maximum absolute atomic E-state index is 14.6. The fourth-order valence-corrected chi connectivity index (χ4v) is 7.08. The van der Waals surface area contributed by atoms with Crippen LogP contribution in [0.3, 0.4) is 0 Å². The minimum atomic E-state index is -4.67. The van der Waals surface area contributed by atoms with Gasteiger partial charge in [0, 0.05) is 62.7 Å². The number of nitrogens with zero attached hydrogens (tertiary/aromatic N) is 7. The molecule has 1 saturated heterocycles. The zero-order valence-corrected chi connectivity index (χ0v) is 26.5. The van der Waals surface area contributed by atoms with Crippen molar-refractivity contribution in [3.05, 3.63) is 64.2 Å². The fourth-order valence-electron chi connectivity index (χ4n) is 7.08. The van der Waals surface area contributed by atoms with E-state index in [1.54, 1.807) is 24.5 Å². The highest BCUT2D eigenvalue weighted by atomic mass is 19.4. The Hall–Kier alpha value is -4.04. The minimum absolute atomic E-state index is 0.00191. The van der Waals surface area contributed by atoms with Crippen LogP contribution in [0, 0.1) is 5.92 Å². The molecule has 0 spiro atoms. The van der Waals surface area contributed by atoms with Crippen molar-refractivity contribution < 1.29 is 27.5 Å². The Balaban J connectivity index is 1.37. The molecule has 1 aliphatic carbocycles. The number of aryl methyl sites for hydroxylation is 1. The second-order valence-electron chi connectivity index (χ2n) is 13.2. The maximum atomic E-state index is 14.6. The van der Waals surface area contributed by atoms with Crippen molar-refractivity contribution in [2.24, 2.45) is 18.7 Å². The molecule has 2 N–H and O–H groups in total. The third-order valence-electron chi connectivity index (χ3n) is 9.79. The molecule has 1 atom stereocenters. The van der Waals surface area contributed by atoms with E-state index in [9.17, 15) is 22.8 Å². The van der Waals surface area contributed by atoms with Crippen molar-refractivity contribution in [1.82, 2.24) is 29.5 Å². The first-order chi connectivity index (χ1) is 21.7. The third-order valence-corrected chi connectivity index (χ3v) is 9.79. The van der Waals surface area contributed by atoms with Gasteiger partial charge in [0.05, 0.1) is 12.1 Å². The highest BCUT2D eigenvalue weighted by Crippen LogP contribution is 2.48. The lowest BCUT2D eigenvalue weighted by Crippen LogP contribution is -2.53.